The lowest BCUT2D eigenvalue weighted by Gasteiger charge is -2.15. The van der Waals surface area contributed by atoms with Crippen LogP contribution in [0.25, 0.3) is 0 Å². The summed E-state index contributed by atoms with van der Waals surface area (Å²) in [6, 6.07) is 0. The van der Waals surface area contributed by atoms with Crippen LogP contribution in [0.3, 0.4) is 0 Å². The molecule has 0 heterocycles. The quantitative estimate of drug-likeness (QED) is 0.0494. The van der Waals surface area contributed by atoms with Crippen molar-refractivity contribution in [2.45, 2.75) is 290 Å². The summed E-state index contributed by atoms with van der Waals surface area (Å²) in [6.45, 7) is 4.20. The zero-order valence-corrected chi connectivity index (χ0v) is 36.8. The van der Waals surface area contributed by atoms with Gasteiger partial charge < -0.3 is 14.6 Å². The van der Waals surface area contributed by atoms with E-state index in [0.717, 1.165) is 32.1 Å². The van der Waals surface area contributed by atoms with Gasteiger partial charge >= 0.3 is 11.9 Å². The van der Waals surface area contributed by atoms with E-state index < -0.39 is 6.10 Å². The summed E-state index contributed by atoms with van der Waals surface area (Å²) in [7, 11) is 0. The first-order valence-electron chi connectivity index (χ1n) is 24.6. The highest BCUT2D eigenvalue weighted by molar-refractivity contribution is 5.70. The largest absolute Gasteiger partial charge is 0.462 e. The van der Waals surface area contributed by atoms with Crippen LogP contribution in [-0.2, 0) is 19.1 Å². The molecule has 0 amide bonds. The number of hydrogen-bond acceptors (Lipinski definition) is 5. The molecule has 0 aromatic heterocycles. The summed E-state index contributed by atoms with van der Waals surface area (Å²) in [4.78, 5) is 24.4. The van der Waals surface area contributed by atoms with Crippen LogP contribution in [0.2, 0.25) is 0 Å². The Morgan fingerprint density at radius 1 is 0.352 bits per heavy atom. The maximum atomic E-state index is 12.2. The van der Waals surface area contributed by atoms with Gasteiger partial charge in [-0.05, 0) is 12.8 Å². The molecule has 0 saturated heterocycles. The van der Waals surface area contributed by atoms with Gasteiger partial charge in [-0.3, -0.25) is 9.59 Å². The van der Waals surface area contributed by atoms with Crippen molar-refractivity contribution in [3.05, 3.63) is 0 Å². The van der Waals surface area contributed by atoms with E-state index in [9.17, 15) is 14.7 Å². The standard InChI is InChI=1S/C49H96O5/c1-3-5-7-9-11-13-15-17-19-21-23-24-26-28-30-32-34-36-38-40-42-44-49(52)54-47(45-50)46-53-48(51)43-41-39-37-35-33-31-29-27-25-22-20-18-16-14-12-10-8-6-4-2/h47,50H,3-46H2,1-2H3. The van der Waals surface area contributed by atoms with Crippen LogP contribution in [0.5, 0.6) is 0 Å². The van der Waals surface area contributed by atoms with E-state index in [-0.39, 0.29) is 25.2 Å². The Morgan fingerprint density at radius 3 is 0.815 bits per heavy atom. The fourth-order valence-electron chi connectivity index (χ4n) is 7.68. The van der Waals surface area contributed by atoms with Gasteiger partial charge in [-0.15, -0.1) is 0 Å². The summed E-state index contributed by atoms with van der Waals surface area (Å²) in [5, 5.41) is 9.61. The van der Waals surface area contributed by atoms with E-state index in [0.29, 0.717) is 12.8 Å². The predicted octanol–water partition coefficient (Wildman–Crippen LogP) is 15.9. The van der Waals surface area contributed by atoms with Gasteiger partial charge in [-0.25, -0.2) is 0 Å². The first-order chi connectivity index (χ1) is 26.6. The second-order valence-electron chi connectivity index (χ2n) is 16.9. The molecule has 54 heavy (non-hydrogen) atoms. The number of ether oxygens (including phenoxy) is 2. The van der Waals surface area contributed by atoms with Crippen molar-refractivity contribution in [1.29, 1.82) is 0 Å². The van der Waals surface area contributed by atoms with Crippen LogP contribution in [0.1, 0.15) is 284 Å². The molecule has 0 radical (unpaired) electrons. The summed E-state index contributed by atoms with van der Waals surface area (Å²) in [6.07, 6.45) is 53.3. The number of aliphatic hydroxyl groups is 1. The monoisotopic (exact) mass is 765 g/mol. The maximum Gasteiger partial charge on any atom is 0.306 e. The summed E-state index contributed by atoms with van der Waals surface area (Å²) in [5.74, 6) is -0.567. The molecule has 1 unspecified atom stereocenters. The molecule has 1 atom stereocenters. The number of carbonyl (C=O) groups is 2. The van der Waals surface area contributed by atoms with E-state index in [2.05, 4.69) is 13.8 Å². The minimum absolute atomic E-state index is 0.0560. The number of esters is 2. The Kier molecular flexibility index (Phi) is 45.3. The number of aliphatic hydroxyl groups excluding tert-OH is 1. The van der Waals surface area contributed by atoms with Crippen molar-refractivity contribution in [2.24, 2.45) is 0 Å². The third kappa shape index (κ3) is 43.6. The van der Waals surface area contributed by atoms with Gasteiger partial charge in [-0.1, -0.05) is 258 Å². The Hall–Kier alpha value is -1.10. The molecule has 0 saturated carbocycles. The van der Waals surface area contributed by atoms with Crippen LogP contribution < -0.4 is 0 Å². The van der Waals surface area contributed by atoms with E-state index in [1.165, 1.54) is 225 Å². The number of unbranched alkanes of at least 4 members (excludes halogenated alkanes) is 38. The average Bonchev–Trinajstić information content (AvgIpc) is 3.17. The van der Waals surface area contributed by atoms with Gasteiger partial charge in [0.1, 0.15) is 6.61 Å². The lowest BCUT2D eigenvalue weighted by atomic mass is 10.0. The smallest absolute Gasteiger partial charge is 0.306 e. The molecule has 5 nitrogen and oxygen atoms in total. The molecule has 0 aliphatic carbocycles. The third-order valence-electron chi connectivity index (χ3n) is 11.4. The SMILES string of the molecule is CCCCCCCCCCCCCCCCCCCCCCCC(=O)OC(CO)COC(=O)CCCCCCCCCCCCCCCCCCCCC. The Labute approximate surface area is 338 Å². The van der Waals surface area contributed by atoms with Gasteiger partial charge in [-0.2, -0.15) is 0 Å². The van der Waals surface area contributed by atoms with E-state index in [1.54, 1.807) is 0 Å². The molecule has 0 bridgehead atoms. The Bertz CT molecular complexity index is 740. The second-order valence-corrected chi connectivity index (χ2v) is 16.9. The van der Waals surface area contributed by atoms with Gasteiger partial charge in [0.05, 0.1) is 6.61 Å². The lowest BCUT2D eigenvalue weighted by Crippen LogP contribution is -2.28. The molecule has 0 aliphatic heterocycles. The molecule has 0 rings (SSSR count). The minimum Gasteiger partial charge on any atom is -0.462 e. The van der Waals surface area contributed by atoms with Crippen LogP contribution in [0.4, 0.5) is 0 Å². The average molecular weight is 765 g/mol. The third-order valence-corrected chi connectivity index (χ3v) is 11.4. The van der Waals surface area contributed by atoms with Crippen LogP contribution in [0, 0.1) is 0 Å². The van der Waals surface area contributed by atoms with Crippen molar-refractivity contribution < 1.29 is 24.2 Å². The normalized spacial score (nSPS) is 12.0. The first-order valence-corrected chi connectivity index (χ1v) is 24.6. The van der Waals surface area contributed by atoms with E-state index in [1.807, 2.05) is 0 Å². The van der Waals surface area contributed by atoms with Crippen molar-refractivity contribution >= 4 is 11.9 Å². The lowest BCUT2D eigenvalue weighted by molar-refractivity contribution is -0.161. The molecule has 1 N–H and O–H groups in total. The zero-order valence-electron chi connectivity index (χ0n) is 36.8. The first kappa shape index (κ1) is 52.9. The summed E-state index contributed by atoms with van der Waals surface area (Å²) in [5.41, 5.74) is 0. The number of carbonyl (C=O) groups excluding carboxylic acids is 2. The number of rotatable bonds is 46. The zero-order chi connectivity index (χ0) is 39.3. The summed E-state index contributed by atoms with van der Waals surface area (Å²) >= 11 is 0. The van der Waals surface area contributed by atoms with Crippen molar-refractivity contribution in [3.8, 4) is 0 Å². The van der Waals surface area contributed by atoms with Crippen LogP contribution in [-0.4, -0.2) is 36.4 Å². The molecule has 0 aromatic rings. The van der Waals surface area contributed by atoms with Crippen molar-refractivity contribution in [2.75, 3.05) is 13.2 Å². The molecule has 322 valence electrons. The Morgan fingerprint density at radius 2 is 0.574 bits per heavy atom. The van der Waals surface area contributed by atoms with Crippen LogP contribution in [0.15, 0.2) is 0 Å². The van der Waals surface area contributed by atoms with Crippen molar-refractivity contribution in [3.63, 3.8) is 0 Å². The van der Waals surface area contributed by atoms with Gasteiger partial charge in [0.2, 0.25) is 0 Å². The second kappa shape index (κ2) is 46.3. The molecule has 0 aromatic carbocycles. The highest BCUT2D eigenvalue weighted by atomic mass is 16.6. The molecular formula is C49H96O5. The molecule has 0 aliphatic rings. The molecule has 0 fully saturated rings. The minimum atomic E-state index is -0.763. The van der Waals surface area contributed by atoms with E-state index in [4.69, 9.17) is 9.47 Å². The highest BCUT2D eigenvalue weighted by Crippen LogP contribution is 2.17. The fourth-order valence-corrected chi connectivity index (χ4v) is 7.68. The van der Waals surface area contributed by atoms with Gasteiger partial charge in [0, 0.05) is 12.8 Å². The van der Waals surface area contributed by atoms with Crippen LogP contribution >= 0.6 is 0 Å². The van der Waals surface area contributed by atoms with Gasteiger partial charge in [0.15, 0.2) is 6.10 Å². The Balaban J connectivity index is 3.43. The molecule has 0 spiro atoms. The summed E-state index contributed by atoms with van der Waals surface area (Å²) < 4.78 is 10.7. The molecule has 5 heteroatoms. The molecular weight excluding hydrogens is 669 g/mol. The van der Waals surface area contributed by atoms with E-state index >= 15 is 0 Å². The van der Waals surface area contributed by atoms with Gasteiger partial charge in [0.25, 0.3) is 0 Å². The maximum absolute atomic E-state index is 12.2. The number of hydrogen-bond donors (Lipinski definition) is 1. The van der Waals surface area contributed by atoms with Crippen molar-refractivity contribution in [1.82, 2.24) is 0 Å². The topological polar surface area (TPSA) is 72.8 Å². The fraction of sp³-hybridized carbons (Fsp3) is 0.959. The highest BCUT2D eigenvalue weighted by Gasteiger charge is 2.16. The predicted molar refractivity (Wildman–Crippen MR) is 233 cm³/mol.